The predicted molar refractivity (Wildman–Crippen MR) is 75.0 cm³/mol. The molecule has 1 aromatic heterocycles. The van der Waals surface area contributed by atoms with Gasteiger partial charge in [-0.3, -0.25) is 9.88 Å². The number of nitrogens with zero attached hydrogens (tertiary/aromatic N) is 2. The van der Waals surface area contributed by atoms with Crippen LogP contribution < -0.4 is 0 Å². The van der Waals surface area contributed by atoms with Gasteiger partial charge >= 0.3 is 0 Å². The Labute approximate surface area is 115 Å². The summed E-state index contributed by atoms with van der Waals surface area (Å²) in [7, 11) is 0. The van der Waals surface area contributed by atoms with Crippen LogP contribution in [-0.2, 0) is 11.2 Å². The Morgan fingerprint density at radius 1 is 1.37 bits per heavy atom. The van der Waals surface area contributed by atoms with E-state index in [9.17, 15) is 5.11 Å². The number of ether oxygens (including phenoxy) is 1. The molecule has 2 heterocycles. The molecule has 19 heavy (non-hydrogen) atoms. The molecule has 2 unspecified atom stereocenters. The number of aliphatic hydroxyl groups excluding tert-OH is 1. The molecule has 1 fully saturated rings. The van der Waals surface area contributed by atoms with Crippen molar-refractivity contribution in [1.29, 1.82) is 0 Å². The number of pyridine rings is 1. The average molecular weight is 264 g/mol. The molecule has 1 aliphatic heterocycles. The van der Waals surface area contributed by atoms with Crippen molar-refractivity contribution in [2.24, 2.45) is 0 Å². The molecule has 0 radical (unpaired) electrons. The molecule has 4 heteroatoms. The van der Waals surface area contributed by atoms with Crippen molar-refractivity contribution in [3.8, 4) is 0 Å². The highest BCUT2D eigenvalue weighted by molar-refractivity contribution is 5.13. The standard InChI is InChI=1S/C15H24N2O2/c1-3-15(2,17-8-10-19-11-9-17)14(18)12-13-4-6-16-7-5-13/h4-7,14,18H,3,8-12H2,1-2H3. The molecule has 0 saturated carbocycles. The third-order valence-electron chi connectivity index (χ3n) is 4.35. The molecule has 0 amide bonds. The van der Waals surface area contributed by atoms with E-state index in [0.29, 0.717) is 6.42 Å². The van der Waals surface area contributed by atoms with Crippen LogP contribution in [0.1, 0.15) is 25.8 Å². The third-order valence-corrected chi connectivity index (χ3v) is 4.35. The summed E-state index contributed by atoms with van der Waals surface area (Å²) in [6.07, 6.45) is 4.78. The molecule has 106 valence electrons. The highest BCUT2D eigenvalue weighted by Crippen LogP contribution is 2.27. The molecule has 2 rings (SSSR count). The lowest BCUT2D eigenvalue weighted by molar-refractivity contribution is -0.0714. The zero-order valence-electron chi connectivity index (χ0n) is 11.9. The van der Waals surface area contributed by atoms with E-state index in [1.165, 1.54) is 0 Å². The minimum absolute atomic E-state index is 0.187. The maximum atomic E-state index is 10.7. The molecule has 1 aromatic rings. The molecule has 2 atom stereocenters. The summed E-state index contributed by atoms with van der Waals surface area (Å²) in [5.74, 6) is 0. The molecule has 0 bridgehead atoms. The summed E-state index contributed by atoms with van der Waals surface area (Å²) in [6, 6.07) is 3.94. The van der Waals surface area contributed by atoms with Crippen LogP contribution in [0.3, 0.4) is 0 Å². The predicted octanol–water partition coefficient (Wildman–Crippen LogP) is 1.49. The van der Waals surface area contributed by atoms with Gasteiger partial charge in [0.05, 0.1) is 19.3 Å². The number of morpholine rings is 1. The second kappa shape index (κ2) is 6.46. The van der Waals surface area contributed by atoms with E-state index < -0.39 is 0 Å². The molecular weight excluding hydrogens is 240 g/mol. The van der Waals surface area contributed by atoms with E-state index in [1.54, 1.807) is 12.4 Å². The fourth-order valence-corrected chi connectivity index (χ4v) is 2.71. The van der Waals surface area contributed by atoms with Crippen LogP contribution in [0, 0.1) is 0 Å². The van der Waals surface area contributed by atoms with E-state index >= 15 is 0 Å². The topological polar surface area (TPSA) is 45.6 Å². The van der Waals surface area contributed by atoms with Gasteiger partial charge in [-0.25, -0.2) is 0 Å². The van der Waals surface area contributed by atoms with Gasteiger partial charge in [-0.05, 0) is 31.0 Å². The van der Waals surface area contributed by atoms with Crippen molar-refractivity contribution in [3.05, 3.63) is 30.1 Å². The summed E-state index contributed by atoms with van der Waals surface area (Å²) in [5.41, 5.74) is 0.947. The van der Waals surface area contributed by atoms with Crippen molar-refractivity contribution in [1.82, 2.24) is 9.88 Å². The van der Waals surface area contributed by atoms with Gasteiger partial charge in [0.25, 0.3) is 0 Å². The van der Waals surface area contributed by atoms with Crippen LogP contribution >= 0.6 is 0 Å². The number of rotatable bonds is 5. The highest BCUT2D eigenvalue weighted by atomic mass is 16.5. The van der Waals surface area contributed by atoms with Crippen LogP contribution in [0.2, 0.25) is 0 Å². The molecule has 1 aliphatic rings. The van der Waals surface area contributed by atoms with Crippen molar-refractivity contribution >= 4 is 0 Å². The minimum atomic E-state index is -0.377. The number of hydrogen-bond acceptors (Lipinski definition) is 4. The first-order valence-corrected chi connectivity index (χ1v) is 7.06. The summed E-state index contributed by atoms with van der Waals surface area (Å²) < 4.78 is 5.41. The van der Waals surface area contributed by atoms with Gasteiger partial charge in [0.2, 0.25) is 0 Å². The van der Waals surface area contributed by atoms with Gasteiger partial charge in [-0.1, -0.05) is 6.92 Å². The van der Waals surface area contributed by atoms with E-state index in [1.807, 2.05) is 12.1 Å². The minimum Gasteiger partial charge on any atom is -0.391 e. The van der Waals surface area contributed by atoms with Crippen molar-refractivity contribution in [2.75, 3.05) is 26.3 Å². The van der Waals surface area contributed by atoms with E-state index in [2.05, 4.69) is 23.7 Å². The van der Waals surface area contributed by atoms with E-state index in [-0.39, 0.29) is 11.6 Å². The van der Waals surface area contributed by atoms with Crippen LogP contribution in [-0.4, -0.2) is 52.9 Å². The normalized spacial score (nSPS) is 21.8. The fraction of sp³-hybridized carbons (Fsp3) is 0.667. The summed E-state index contributed by atoms with van der Waals surface area (Å²) in [6.45, 7) is 7.63. The van der Waals surface area contributed by atoms with Crippen LogP contribution in [0.25, 0.3) is 0 Å². The molecule has 1 saturated heterocycles. The summed E-state index contributed by atoms with van der Waals surface area (Å²) in [4.78, 5) is 6.38. The van der Waals surface area contributed by atoms with Crippen LogP contribution in [0.4, 0.5) is 0 Å². The SMILES string of the molecule is CCC(C)(C(O)Cc1ccncc1)N1CCOCC1. The van der Waals surface area contributed by atoms with Gasteiger partial charge < -0.3 is 9.84 Å². The largest absolute Gasteiger partial charge is 0.391 e. The van der Waals surface area contributed by atoms with Crippen LogP contribution in [0.5, 0.6) is 0 Å². The molecular formula is C15H24N2O2. The molecule has 0 aromatic carbocycles. The van der Waals surface area contributed by atoms with Crippen molar-refractivity contribution in [2.45, 2.75) is 38.3 Å². The lowest BCUT2D eigenvalue weighted by atomic mass is 9.85. The highest BCUT2D eigenvalue weighted by Gasteiger charge is 2.37. The smallest absolute Gasteiger partial charge is 0.0761 e. The zero-order chi connectivity index (χ0) is 13.7. The average Bonchev–Trinajstić information content (AvgIpc) is 2.48. The Bertz CT molecular complexity index is 379. The zero-order valence-corrected chi connectivity index (χ0v) is 11.9. The Balaban J connectivity index is 2.06. The van der Waals surface area contributed by atoms with Gasteiger partial charge in [-0.2, -0.15) is 0 Å². The second-order valence-corrected chi connectivity index (χ2v) is 5.39. The molecule has 1 N–H and O–H groups in total. The Morgan fingerprint density at radius 2 is 2.00 bits per heavy atom. The summed E-state index contributed by atoms with van der Waals surface area (Å²) >= 11 is 0. The Morgan fingerprint density at radius 3 is 2.58 bits per heavy atom. The molecule has 0 aliphatic carbocycles. The van der Waals surface area contributed by atoms with Gasteiger partial charge in [0.15, 0.2) is 0 Å². The van der Waals surface area contributed by atoms with Crippen LogP contribution in [0.15, 0.2) is 24.5 Å². The first kappa shape index (κ1) is 14.4. The number of aliphatic hydroxyl groups is 1. The third kappa shape index (κ3) is 3.32. The maximum Gasteiger partial charge on any atom is 0.0761 e. The number of hydrogen-bond donors (Lipinski definition) is 1. The maximum absolute atomic E-state index is 10.7. The first-order chi connectivity index (χ1) is 9.16. The molecule has 0 spiro atoms. The van der Waals surface area contributed by atoms with Crippen molar-refractivity contribution < 1.29 is 9.84 Å². The van der Waals surface area contributed by atoms with Gasteiger partial charge in [0.1, 0.15) is 0 Å². The van der Waals surface area contributed by atoms with E-state index in [0.717, 1.165) is 38.3 Å². The lowest BCUT2D eigenvalue weighted by Crippen LogP contribution is -2.58. The Kier molecular flexibility index (Phi) is 4.91. The van der Waals surface area contributed by atoms with E-state index in [4.69, 9.17) is 4.74 Å². The number of aromatic nitrogens is 1. The molecule has 4 nitrogen and oxygen atoms in total. The fourth-order valence-electron chi connectivity index (χ4n) is 2.71. The summed E-state index contributed by atoms with van der Waals surface area (Å²) in [5, 5.41) is 10.7. The van der Waals surface area contributed by atoms with Gasteiger partial charge in [-0.15, -0.1) is 0 Å². The lowest BCUT2D eigenvalue weighted by Gasteiger charge is -2.46. The Hall–Kier alpha value is -0.970. The van der Waals surface area contributed by atoms with Gasteiger partial charge in [0, 0.05) is 37.4 Å². The van der Waals surface area contributed by atoms with Crippen molar-refractivity contribution in [3.63, 3.8) is 0 Å². The monoisotopic (exact) mass is 264 g/mol. The first-order valence-electron chi connectivity index (χ1n) is 7.06. The quantitative estimate of drug-likeness (QED) is 0.875. The second-order valence-electron chi connectivity index (χ2n) is 5.39.